The van der Waals surface area contributed by atoms with Crippen LogP contribution in [0.5, 0.6) is 0 Å². The molecule has 1 aromatic carbocycles. The summed E-state index contributed by atoms with van der Waals surface area (Å²) in [6.07, 6.45) is 1.80. The molecule has 0 N–H and O–H groups in total. The first-order valence-corrected chi connectivity index (χ1v) is 3.66. The van der Waals surface area contributed by atoms with Gasteiger partial charge in [0.25, 0.3) is 0 Å². The Hall–Kier alpha value is -1.24. The molecule has 1 rings (SSSR count). The van der Waals surface area contributed by atoms with Gasteiger partial charge in [-0.3, -0.25) is 0 Å². The molecule has 1 heteroatoms. The van der Waals surface area contributed by atoms with Crippen molar-refractivity contribution in [2.75, 3.05) is 11.9 Å². The van der Waals surface area contributed by atoms with E-state index in [1.807, 2.05) is 11.9 Å². The summed E-state index contributed by atoms with van der Waals surface area (Å²) in [7, 11) is 1.98. The van der Waals surface area contributed by atoms with Gasteiger partial charge in [0.1, 0.15) is 0 Å². The predicted octanol–water partition coefficient (Wildman–Crippen LogP) is 2.57. The van der Waals surface area contributed by atoms with Gasteiger partial charge in [-0.1, -0.05) is 24.3 Å². The normalized spacial score (nSPS) is 9.27. The molecule has 0 amide bonds. The number of hydrogen-bond donors (Lipinski definition) is 0. The van der Waals surface area contributed by atoms with Crippen LogP contribution in [-0.4, -0.2) is 7.05 Å². The number of hydrogen-bond acceptors (Lipinski definition) is 1. The summed E-state index contributed by atoms with van der Waals surface area (Å²) in [6.45, 7) is 5.77. The van der Waals surface area contributed by atoms with E-state index in [-0.39, 0.29) is 0 Å². The second kappa shape index (κ2) is 3.24. The molecular formula is C10H13N. The van der Waals surface area contributed by atoms with Crippen molar-refractivity contribution in [3.63, 3.8) is 0 Å². The van der Waals surface area contributed by atoms with Crippen molar-refractivity contribution in [1.82, 2.24) is 0 Å². The highest BCUT2D eigenvalue weighted by molar-refractivity contribution is 5.48. The van der Waals surface area contributed by atoms with Gasteiger partial charge in [-0.25, -0.2) is 0 Å². The quantitative estimate of drug-likeness (QED) is 0.621. The van der Waals surface area contributed by atoms with E-state index in [4.69, 9.17) is 0 Å². The van der Waals surface area contributed by atoms with Crippen LogP contribution in [0.15, 0.2) is 37.0 Å². The first-order chi connectivity index (χ1) is 5.24. The molecule has 1 nitrogen and oxygen atoms in total. The smallest absolute Gasteiger partial charge is 0.0403 e. The van der Waals surface area contributed by atoms with Crippen LogP contribution in [-0.2, 0) is 0 Å². The van der Waals surface area contributed by atoms with Gasteiger partial charge in [-0.05, 0) is 25.3 Å². The first-order valence-electron chi connectivity index (χ1n) is 3.66. The average molecular weight is 147 g/mol. The molecule has 0 unspecified atom stereocenters. The lowest BCUT2D eigenvalue weighted by atomic mass is 10.2. The van der Waals surface area contributed by atoms with E-state index in [2.05, 4.69) is 37.8 Å². The Morgan fingerprint density at radius 3 is 2.27 bits per heavy atom. The van der Waals surface area contributed by atoms with E-state index in [9.17, 15) is 0 Å². The molecule has 0 aliphatic carbocycles. The Balaban J connectivity index is 2.89. The van der Waals surface area contributed by atoms with Crippen LogP contribution in [0, 0.1) is 6.92 Å². The van der Waals surface area contributed by atoms with E-state index in [0.29, 0.717) is 0 Å². The van der Waals surface area contributed by atoms with Crippen molar-refractivity contribution in [3.05, 3.63) is 42.6 Å². The Kier molecular flexibility index (Phi) is 2.32. The zero-order valence-corrected chi connectivity index (χ0v) is 7.04. The molecule has 0 spiro atoms. The first kappa shape index (κ1) is 7.86. The summed E-state index contributed by atoms with van der Waals surface area (Å²) in [5.41, 5.74) is 2.46. The highest BCUT2D eigenvalue weighted by Crippen LogP contribution is 2.12. The molecule has 1 aromatic rings. The number of anilines is 1. The maximum Gasteiger partial charge on any atom is 0.0403 e. The van der Waals surface area contributed by atoms with Crippen LogP contribution < -0.4 is 4.90 Å². The zero-order chi connectivity index (χ0) is 8.27. The molecule has 0 radical (unpaired) electrons. The summed E-state index contributed by atoms with van der Waals surface area (Å²) >= 11 is 0. The molecule has 58 valence electrons. The van der Waals surface area contributed by atoms with Crippen molar-refractivity contribution in [1.29, 1.82) is 0 Å². The fourth-order valence-corrected chi connectivity index (χ4v) is 0.885. The molecule has 0 heterocycles. The summed E-state index contributed by atoms with van der Waals surface area (Å²) in [5.74, 6) is 0. The Labute approximate surface area is 68.0 Å². The molecule has 0 saturated heterocycles. The van der Waals surface area contributed by atoms with Crippen LogP contribution in [0.25, 0.3) is 0 Å². The largest absolute Gasteiger partial charge is 0.352 e. The lowest BCUT2D eigenvalue weighted by Crippen LogP contribution is -2.06. The van der Waals surface area contributed by atoms with Crippen LogP contribution >= 0.6 is 0 Å². The Morgan fingerprint density at radius 1 is 1.27 bits per heavy atom. The number of rotatable bonds is 2. The predicted molar refractivity (Wildman–Crippen MR) is 49.8 cm³/mol. The summed E-state index contributed by atoms with van der Waals surface area (Å²) < 4.78 is 0. The lowest BCUT2D eigenvalue weighted by Gasteiger charge is -2.12. The van der Waals surface area contributed by atoms with Gasteiger partial charge in [-0.2, -0.15) is 0 Å². The SMILES string of the molecule is C=CN(C)c1ccc(C)cc1. The molecular weight excluding hydrogens is 134 g/mol. The topological polar surface area (TPSA) is 3.24 Å². The highest BCUT2D eigenvalue weighted by atomic mass is 15.1. The molecule has 0 aromatic heterocycles. The number of benzene rings is 1. The summed E-state index contributed by atoms with van der Waals surface area (Å²) in [6, 6.07) is 8.35. The highest BCUT2D eigenvalue weighted by Gasteiger charge is 1.92. The minimum Gasteiger partial charge on any atom is -0.352 e. The zero-order valence-electron chi connectivity index (χ0n) is 7.04. The van der Waals surface area contributed by atoms with Crippen molar-refractivity contribution in [3.8, 4) is 0 Å². The minimum absolute atomic E-state index is 1.17. The Morgan fingerprint density at radius 2 is 1.82 bits per heavy atom. The van der Waals surface area contributed by atoms with Crippen molar-refractivity contribution in [2.24, 2.45) is 0 Å². The molecule has 0 bridgehead atoms. The van der Waals surface area contributed by atoms with E-state index in [1.54, 1.807) is 6.20 Å². The van der Waals surface area contributed by atoms with Crippen molar-refractivity contribution >= 4 is 5.69 Å². The summed E-state index contributed by atoms with van der Waals surface area (Å²) in [5, 5.41) is 0. The van der Waals surface area contributed by atoms with Gasteiger partial charge in [0.15, 0.2) is 0 Å². The fourth-order valence-electron chi connectivity index (χ4n) is 0.885. The Bertz CT molecular complexity index is 236. The van der Waals surface area contributed by atoms with Gasteiger partial charge < -0.3 is 4.90 Å². The van der Waals surface area contributed by atoms with E-state index < -0.39 is 0 Å². The lowest BCUT2D eigenvalue weighted by molar-refractivity contribution is 1.21. The fraction of sp³-hybridized carbons (Fsp3) is 0.200. The van der Waals surface area contributed by atoms with E-state index >= 15 is 0 Å². The van der Waals surface area contributed by atoms with Crippen molar-refractivity contribution < 1.29 is 0 Å². The molecule has 0 fully saturated rings. The maximum atomic E-state index is 3.69. The average Bonchev–Trinajstić information content (AvgIpc) is 2.05. The third-order valence-corrected chi connectivity index (χ3v) is 1.72. The van der Waals surface area contributed by atoms with Gasteiger partial charge in [0.05, 0.1) is 0 Å². The van der Waals surface area contributed by atoms with Gasteiger partial charge in [0, 0.05) is 12.7 Å². The minimum atomic E-state index is 1.17. The molecule has 0 saturated carbocycles. The van der Waals surface area contributed by atoms with Gasteiger partial charge >= 0.3 is 0 Å². The van der Waals surface area contributed by atoms with Crippen LogP contribution in [0.2, 0.25) is 0 Å². The summed E-state index contributed by atoms with van der Waals surface area (Å²) in [4.78, 5) is 1.99. The van der Waals surface area contributed by atoms with Crippen molar-refractivity contribution in [2.45, 2.75) is 6.92 Å². The third kappa shape index (κ3) is 1.84. The number of nitrogens with zero attached hydrogens (tertiary/aromatic N) is 1. The standard InChI is InChI=1S/C10H13N/c1-4-11(3)10-7-5-9(2)6-8-10/h4-8H,1H2,2-3H3. The number of aryl methyl sites for hydroxylation is 1. The van der Waals surface area contributed by atoms with E-state index in [0.717, 1.165) is 0 Å². The molecule has 0 aliphatic heterocycles. The molecule has 0 atom stereocenters. The second-order valence-electron chi connectivity index (χ2n) is 2.63. The third-order valence-electron chi connectivity index (χ3n) is 1.72. The maximum absolute atomic E-state index is 3.69. The monoisotopic (exact) mass is 147 g/mol. The van der Waals surface area contributed by atoms with Crippen LogP contribution in [0.3, 0.4) is 0 Å². The van der Waals surface area contributed by atoms with Gasteiger partial charge in [-0.15, -0.1) is 0 Å². The second-order valence-corrected chi connectivity index (χ2v) is 2.63. The molecule has 0 aliphatic rings. The van der Waals surface area contributed by atoms with E-state index in [1.165, 1.54) is 11.3 Å². The van der Waals surface area contributed by atoms with Gasteiger partial charge in [0.2, 0.25) is 0 Å². The van der Waals surface area contributed by atoms with Crippen LogP contribution in [0.4, 0.5) is 5.69 Å². The molecule has 11 heavy (non-hydrogen) atoms. The van der Waals surface area contributed by atoms with Crippen LogP contribution in [0.1, 0.15) is 5.56 Å².